The first-order chi connectivity index (χ1) is 15.5. The summed E-state index contributed by atoms with van der Waals surface area (Å²) in [6, 6.07) is 22.9. The summed E-state index contributed by atoms with van der Waals surface area (Å²) in [7, 11) is 0. The van der Waals surface area contributed by atoms with Crippen molar-refractivity contribution >= 4 is 22.5 Å². The van der Waals surface area contributed by atoms with Gasteiger partial charge in [-0.3, -0.25) is 9.59 Å². The fraction of sp³-hybridized carbons (Fsp3) is 0.115. The number of nitrogens with one attached hydrogen (secondary N) is 1. The Hall–Kier alpha value is -4.06. The van der Waals surface area contributed by atoms with Crippen LogP contribution in [0.3, 0.4) is 0 Å². The molecule has 3 aromatic carbocycles. The molecule has 0 spiro atoms. The summed E-state index contributed by atoms with van der Waals surface area (Å²) >= 11 is 0. The molecule has 0 radical (unpaired) electrons. The molecule has 5 nitrogen and oxygen atoms in total. The Morgan fingerprint density at radius 1 is 0.969 bits per heavy atom. The van der Waals surface area contributed by atoms with Gasteiger partial charge in [0.15, 0.2) is 0 Å². The van der Waals surface area contributed by atoms with Gasteiger partial charge in [0, 0.05) is 35.4 Å². The highest BCUT2D eigenvalue weighted by Gasteiger charge is 2.35. The van der Waals surface area contributed by atoms with E-state index in [1.165, 1.54) is 18.0 Å². The number of aromatic nitrogens is 1. The predicted octanol–water partition coefficient (Wildman–Crippen LogP) is 5.03. The SMILES string of the molecule is CC(=O)N1N=C(c2c(-c3ccccc3)c3ccccc3[nH]c2=O)C[C@@H]1c1ccccc1F. The number of hydrogen-bond acceptors (Lipinski definition) is 3. The van der Waals surface area contributed by atoms with E-state index in [-0.39, 0.29) is 17.9 Å². The second-order valence-corrected chi connectivity index (χ2v) is 7.77. The lowest BCUT2D eigenvalue weighted by molar-refractivity contribution is -0.130. The van der Waals surface area contributed by atoms with Crippen LogP contribution in [-0.2, 0) is 4.79 Å². The molecule has 32 heavy (non-hydrogen) atoms. The van der Waals surface area contributed by atoms with Gasteiger partial charge in [0.05, 0.1) is 17.3 Å². The summed E-state index contributed by atoms with van der Waals surface area (Å²) in [4.78, 5) is 28.6. The van der Waals surface area contributed by atoms with Gasteiger partial charge in [-0.2, -0.15) is 5.10 Å². The molecule has 5 rings (SSSR count). The van der Waals surface area contributed by atoms with Gasteiger partial charge in [-0.15, -0.1) is 0 Å². The van der Waals surface area contributed by atoms with Gasteiger partial charge in [-0.1, -0.05) is 66.7 Å². The number of nitrogens with zero attached hydrogens (tertiary/aromatic N) is 2. The largest absolute Gasteiger partial charge is 0.321 e. The van der Waals surface area contributed by atoms with Crippen LogP contribution in [0.4, 0.5) is 4.39 Å². The number of fused-ring (bicyclic) bond motifs is 1. The molecule has 0 saturated carbocycles. The van der Waals surface area contributed by atoms with E-state index in [1.807, 2.05) is 54.6 Å². The molecular formula is C26H20FN3O2. The van der Waals surface area contributed by atoms with Crippen molar-refractivity contribution in [1.29, 1.82) is 0 Å². The van der Waals surface area contributed by atoms with Gasteiger partial charge < -0.3 is 4.98 Å². The lowest BCUT2D eigenvalue weighted by Crippen LogP contribution is -2.25. The molecule has 1 atom stereocenters. The van der Waals surface area contributed by atoms with Gasteiger partial charge in [-0.05, 0) is 17.7 Å². The van der Waals surface area contributed by atoms with Crippen molar-refractivity contribution in [3.63, 3.8) is 0 Å². The molecular weight excluding hydrogens is 405 g/mol. The van der Waals surface area contributed by atoms with Crippen LogP contribution in [-0.4, -0.2) is 21.6 Å². The molecule has 0 bridgehead atoms. The minimum absolute atomic E-state index is 0.238. The third-order valence-electron chi connectivity index (χ3n) is 5.77. The van der Waals surface area contributed by atoms with Gasteiger partial charge in [-0.25, -0.2) is 9.40 Å². The number of benzene rings is 3. The fourth-order valence-electron chi connectivity index (χ4n) is 4.36. The Morgan fingerprint density at radius 2 is 1.66 bits per heavy atom. The summed E-state index contributed by atoms with van der Waals surface area (Å²) in [6.45, 7) is 1.39. The first-order valence-corrected chi connectivity index (χ1v) is 10.4. The normalized spacial score (nSPS) is 15.8. The number of H-pyrrole nitrogens is 1. The number of carbonyl (C=O) groups is 1. The number of carbonyl (C=O) groups excluding carboxylic acids is 1. The average Bonchev–Trinajstić information content (AvgIpc) is 3.24. The first-order valence-electron chi connectivity index (χ1n) is 10.4. The van der Waals surface area contributed by atoms with Crippen LogP contribution in [0.1, 0.15) is 30.5 Å². The standard InChI is InChI=1S/C26H20FN3O2/c1-16(31)30-23(18-11-5-7-13-20(18)27)15-22(29-30)25-24(17-9-3-2-4-10-17)19-12-6-8-14-21(19)28-26(25)32/h2-14,23H,15H2,1H3,(H,28,32)/t23-/m1/s1. The molecule has 158 valence electrons. The number of hydrogen-bond donors (Lipinski definition) is 1. The lowest BCUT2D eigenvalue weighted by Gasteiger charge is -2.20. The second-order valence-electron chi connectivity index (χ2n) is 7.77. The average molecular weight is 425 g/mol. The summed E-state index contributed by atoms with van der Waals surface area (Å²) in [5, 5.41) is 6.67. The zero-order valence-electron chi connectivity index (χ0n) is 17.4. The van der Waals surface area contributed by atoms with E-state index in [4.69, 9.17) is 0 Å². The zero-order valence-corrected chi connectivity index (χ0v) is 17.4. The minimum Gasteiger partial charge on any atom is -0.321 e. The van der Waals surface area contributed by atoms with Crippen LogP contribution >= 0.6 is 0 Å². The molecule has 0 fully saturated rings. The maximum absolute atomic E-state index is 14.6. The van der Waals surface area contributed by atoms with Crippen molar-refractivity contribution in [3.05, 3.63) is 106 Å². The first kappa shape index (κ1) is 19.9. The third kappa shape index (κ3) is 3.30. The Balaban J connectivity index is 1.74. The van der Waals surface area contributed by atoms with Crippen LogP contribution in [0.2, 0.25) is 0 Å². The van der Waals surface area contributed by atoms with Gasteiger partial charge in [0.2, 0.25) is 5.91 Å². The predicted molar refractivity (Wildman–Crippen MR) is 123 cm³/mol. The minimum atomic E-state index is -0.613. The highest BCUT2D eigenvalue weighted by molar-refractivity contribution is 6.12. The molecule has 0 aliphatic carbocycles. The van der Waals surface area contributed by atoms with Crippen LogP contribution < -0.4 is 5.56 Å². The quantitative estimate of drug-likeness (QED) is 0.500. The van der Waals surface area contributed by atoms with Crippen molar-refractivity contribution in [2.75, 3.05) is 0 Å². The molecule has 4 aromatic rings. The van der Waals surface area contributed by atoms with E-state index in [2.05, 4.69) is 10.1 Å². The molecule has 1 amide bonds. The van der Waals surface area contributed by atoms with Crippen molar-refractivity contribution in [1.82, 2.24) is 9.99 Å². The summed E-state index contributed by atoms with van der Waals surface area (Å²) in [5.74, 6) is -0.720. The number of hydrazone groups is 1. The van der Waals surface area contributed by atoms with Crippen LogP contribution in [0.25, 0.3) is 22.0 Å². The highest BCUT2D eigenvalue weighted by Crippen LogP contribution is 2.37. The van der Waals surface area contributed by atoms with Gasteiger partial charge in [0.25, 0.3) is 5.56 Å². The fourth-order valence-corrected chi connectivity index (χ4v) is 4.36. The Labute approximate surface area is 183 Å². The van der Waals surface area contributed by atoms with Crippen molar-refractivity contribution in [2.45, 2.75) is 19.4 Å². The molecule has 1 aromatic heterocycles. The van der Waals surface area contributed by atoms with Crippen LogP contribution in [0.5, 0.6) is 0 Å². The Bertz CT molecular complexity index is 1430. The van der Waals surface area contributed by atoms with E-state index < -0.39 is 11.9 Å². The van der Waals surface area contributed by atoms with Gasteiger partial charge >= 0.3 is 0 Å². The number of para-hydroxylation sites is 1. The van der Waals surface area contributed by atoms with E-state index >= 15 is 0 Å². The number of rotatable bonds is 3. The molecule has 2 heterocycles. The number of aromatic amines is 1. The Morgan fingerprint density at radius 3 is 2.41 bits per heavy atom. The topological polar surface area (TPSA) is 65.5 Å². The Kier molecular flexibility index (Phi) is 4.90. The van der Waals surface area contributed by atoms with E-state index in [1.54, 1.807) is 18.2 Å². The van der Waals surface area contributed by atoms with Gasteiger partial charge in [0.1, 0.15) is 5.82 Å². The number of halogens is 1. The van der Waals surface area contributed by atoms with E-state index in [0.717, 1.165) is 16.5 Å². The molecule has 0 saturated heterocycles. The maximum atomic E-state index is 14.6. The van der Waals surface area contributed by atoms with Crippen molar-refractivity contribution < 1.29 is 9.18 Å². The number of amides is 1. The molecule has 1 aliphatic heterocycles. The zero-order chi connectivity index (χ0) is 22.2. The van der Waals surface area contributed by atoms with E-state index in [0.29, 0.717) is 22.4 Å². The number of pyridine rings is 1. The van der Waals surface area contributed by atoms with E-state index in [9.17, 15) is 14.0 Å². The lowest BCUT2D eigenvalue weighted by atomic mass is 9.91. The van der Waals surface area contributed by atoms with Crippen molar-refractivity contribution in [3.8, 4) is 11.1 Å². The summed E-state index contributed by atoms with van der Waals surface area (Å²) < 4.78 is 14.6. The van der Waals surface area contributed by atoms with Crippen LogP contribution in [0, 0.1) is 5.82 Å². The summed E-state index contributed by atoms with van der Waals surface area (Å²) in [5.41, 5.74) is 3.28. The molecule has 1 aliphatic rings. The van der Waals surface area contributed by atoms with Crippen molar-refractivity contribution in [2.24, 2.45) is 5.10 Å². The highest BCUT2D eigenvalue weighted by atomic mass is 19.1. The maximum Gasteiger partial charge on any atom is 0.258 e. The molecule has 0 unspecified atom stereocenters. The summed E-state index contributed by atoms with van der Waals surface area (Å²) in [6.07, 6.45) is 0.238. The monoisotopic (exact) mass is 425 g/mol. The van der Waals surface area contributed by atoms with Crippen LogP contribution in [0.15, 0.2) is 88.8 Å². The third-order valence-corrected chi connectivity index (χ3v) is 5.77. The molecule has 1 N–H and O–H groups in total. The molecule has 6 heteroatoms. The smallest absolute Gasteiger partial charge is 0.258 e. The second kappa shape index (κ2) is 7.89.